The van der Waals surface area contributed by atoms with Gasteiger partial charge < -0.3 is 14.0 Å². The molecule has 0 radical (unpaired) electrons. The van der Waals surface area contributed by atoms with Gasteiger partial charge in [0, 0.05) is 22.8 Å². The van der Waals surface area contributed by atoms with E-state index in [9.17, 15) is 4.79 Å². The SMILES string of the molecule is CCc1c(Br)c2ccccn2c1C(=O)c1ccc(OCCN(C)C)c(Br)c1. The lowest BCUT2D eigenvalue weighted by Crippen LogP contribution is -2.19. The first-order valence-corrected chi connectivity index (χ1v) is 10.4. The molecule has 0 atom stereocenters. The minimum atomic E-state index is -0.000656. The molecule has 1 aromatic carbocycles. The van der Waals surface area contributed by atoms with Crippen LogP contribution in [0.25, 0.3) is 5.52 Å². The second-order valence-corrected chi connectivity index (χ2v) is 8.22. The van der Waals surface area contributed by atoms with E-state index >= 15 is 0 Å². The molecule has 2 aromatic heterocycles. The van der Waals surface area contributed by atoms with Gasteiger partial charge in [0.05, 0.1) is 15.7 Å². The van der Waals surface area contributed by atoms with Crippen molar-refractivity contribution in [2.24, 2.45) is 0 Å². The molecule has 0 aliphatic heterocycles. The van der Waals surface area contributed by atoms with Crippen molar-refractivity contribution in [2.45, 2.75) is 13.3 Å². The molecule has 0 amide bonds. The average Bonchev–Trinajstić information content (AvgIpc) is 2.94. The maximum atomic E-state index is 13.3. The normalized spacial score (nSPS) is 11.3. The van der Waals surface area contributed by atoms with Gasteiger partial charge in [0.25, 0.3) is 0 Å². The number of fused-ring (bicyclic) bond motifs is 1. The zero-order valence-corrected chi connectivity index (χ0v) is 18.8. The van der Waals surface area contributed by atoms with Crippen molar-refractivity contribution >= 4 is 43.2 Å². The Hall–Kier alpha value is -1.63. The van der Waals surface area contributed by atoms with E-state index in [2.05, 4.69) is 43.7 Å². The van der Waals surface area contributed by atoms with Crippen LogP contribution in [0, 0.1) is 0 Å². The highest BCUT2D eigenvalue weighted by molar-refractivity contribution is 9.11. The summed E-state index contributed by atoms with van der Waals surface area (Å²) in [7, 11) is 4.01. The van der Waals surface area contributed by atoms with E-state index < -0.39 is 0 Å². The van der Waals surface area contributed by atoms with Crippen molar-refractivity contribution in [3.05, 3.63) is 68.4 Å². The van der Waals surface area contributed by atoms with Gasteiger partial charge in [-0.15, -0.1) is 0 Å². The molecule has 0 N–H and O–H groups in total. The predicted molar refractivity (Wildman–Crippen MR) is 116 cm³/mol. The Bertz CT molecular complexity index is 980. The predicted octanol–water partition coefficient (Wildman–Crippen LogP) is 5.20. The number of halogens is 2. The fourth-order valence-electron chi connectivity index (χ4n) is 3.02. The zero-order valence-electron chi connectivity index (χ0n) is 15.6. The number of carbonyl (C=O) groups excluding carboxylic acids is 1. The molecule has 0 aliphatic rings. The third-order valence-electron chi connectivity index (χ3n) is 4.44. The third kappa shape index (κ3) is 4.13. The number of hydrogen-bond acceptors (Lipinski definition) is 3. The molecule has 142 valence electrons. The average molecular weight is 494 g/mol. The molecular formula is C21H22Br2N2O2. The summed E-state index contributed by atoms with van der Waals surface area (Å²) in [4.78, 5) is 15.4. The van der Waals surface area contributed by atoms with E-state index in [0.29, 0.717) is 17.9 Å². The van der Waals surface area contributed by atoms with E-state index in [-0.39, 0.29) is 5.78 Å². The molecule has 0 spiro atoms. The molecule has 3 aromatic rings. The third-order valence-corrected chi connectivity index (χ3v) is 5.94. The Kier molecular flexibility index (Phi) is 6.40. The van der Waals surface area contributed by atoms with Crippen molar-refractivity contribution in [3.63, 3.8) is 0 Å². The van der Waals surface area contributed by atoms with Crippen LogP contribution in [0.1, 0.15) is 28.5 Å². The van der Waals surface area contributed by atoms with E-state index in [0.717, 1.165) is 38.7 Å². The van der Waals surface area contributed by atoms with Crippen molar-refractivity contribution in [1.29, 1.82) is 0 Å². The maximum absolute atomic E-state index is 13.3. The van der Waals surface area contributed by atoms with E-state index in [1.165, 1.54) is 0 Å². The molecule has 0 aliphatic carbocycles. The van der Waals surface area contributed by atoms with Gasteiger partial charge in [-0.25, -0.2) is 0 Å². The van der Waals surface area contributed by atoms with Gasteiger partial charge in [-0.2, -0.15) is 0 Å². The summed E-state index contributed by atoms with van der Waals surface area (Å²) in [5, 5.41) is 0. The van der Waals surface area contributed by atoms with Crippen LogP contribution < -0.4 is 4.74 Å². The van der Waals surface area contributed by atoms with Crippen molar-refractivity contribution < 1.29 is 9.53 Å². The van der Waals surface area contributed by atoms with Gasteiger partial charge in [-0.1, -0.05) is 13.0 Å². The Balaban J connectivity index is 1.95. The lowest BCUT2D eigenvalue weighted by molar-refractivity contribution is 0.103. The fourth-order valence-corrected chi connectivity index (χ4v) is 4.31. The van der Waals surface area contributed by atoms with Crippen molar-refractivity contribution in [1.82, 2.24) is 9.30 Å². The topological polar surface area (TPSA) is 34.0 Å². The Morgan fingerprint density at radius 3 is 2.63 bits per heavy atom. The van der Waals surface area contributed by atoms with Gasteiger partial charge in [0.2, 0.25) is 5.78 Å². The van der Waals surface area contributed by atoms with Gasteiger partial charge in [-0.05, 0) is 88.3 Å². The monoisotopic (exact) mass is 492 g/mol. The van der Waals surface area contributed by atoms with Gasteiger partial charge >= 0.3 is 0 Å². The summed E-state index contributed by atoms with van der Waals surface area (Å²) < 4.78 is 9.52. The van der Waals surface area contributed by atoms with Crippen LogP contribution in [-0.4, -0.2) is 42.3 Å². The number of ether oxygens (including phenoxy) is 1. The number of carbonyl (C=O) groups is 1. The molecule has 4 nitrogen and oxygen atoms in total. The Morgan fingerprint density at radius 1 is 1.19 bits per heavy atom. The van der Waals surface area contributed by atoms with Crippen molar-refractivity contribution in [2.75, 3.05) is 27.2 Å². The Morgan fingerprint density at radius 2 is 1.96 bits per heavy atom. The number of rotatable bonds is 7. The molecular weight excluding hydrogens is 472 g/mol. The largest absolute Gasteiger partial charge is 0.491 e. The first kappa shape index (κ1) is 20.1. The van der Waals surface area contributed by atoms with Crippen LogP contribution in [0.5, 0.6) is 5.75 Å². The number of aromatic nitrogens is 1. The number of hydrogen-bond donors (Lipinski definition) is 0. The van der Waals surface area contributed by atoms with Crippen LogP contribution >= 0.6 is 31.9 Å². The van der Waals surface area contributed by atoms with Crippen LogP contribution in [0.3, 0.4) is 0 Å². The van der Waals surface area contributed by atoms with E-state index in [1.54, 1.807) is 0 Å². The standard InChI is InChI=1S/C21H22Br2N2O2/c1-4-15-19(23)17-7-5-6-10-25(17)20(15)21(26)14-8-9-18(16(22)13-14)27-12-11-24(2)3/h5-10,13H,4,11-12H2,1-3H3. The fraction of sp³-hybridized carbons (Fsp3) is 0.286. The second kappa shape index (κ2) is 8.59. The van der Waals surface area contributed by atoms with E-state index in [4.69, 9.17) is 4.74 Å². The number of benzene rings is 1. The molecule has 3 rings (SSSR count). The Labute approximate surface area is 176 Å². The van der Waals surface area contributed by atoms with Crippen molar-refractivity contribution in [3.8, 4) is 5.75 Å². The summed E-state index contributed by atoms with van der Waals surface area (Å²) in [6.07, 6.45) is 2.70. The zero-order chi connectivity index (χ0) is 19.6. The van der Waals surface area contributed by atoms with Crippen LogP contribution in [0.15, 0.2) is 51.5 Å². The van der Waals surface area contributed by atoms with E-state index in [1.807, 2.05) is 61.1 Å². The van der Waals surface area contributed by atoms with Crippen LogP contribution in [0.2, 0.25) is 0 Å². The molecule has 0 bridgehead atoms. The molecule has 2 heterocycles. The summed E-state index contributed by atoms with van der Waals surface area (Å²) >= 11 is 7.20. The summed E-state index contributed by atoms with van der Waals surface area (Å²) in [5.41, 5.74) is 3.36. The highest BCUT2D eigenvalue weighted by atomic mass is 79.9. The first-order valence-electron chi connectivity index (χ1n) is 8.83. The minimum Gasteiger partial charge on any atom is -0.491 e. The van der Waals surface area contributed by atoms with Gasteiger partial charge in [-0.3, -0.25) is 4.79 Å². The summed E-state index contributed by atoms with van der Waals surface area (Å²) in [6, 6.07) is 11.4. The number of likely N-dealkylation sites (N-methyl/N-ethyl adjacent to an activating group) is 1. The lowest BCUT2D eigenvalue weighted by Gasteiger charge is -2.13. The minimum absolute atomic E-state index is 0.000656. The highest BCUT2D eigenvalue weighted by Gasteiger charge is 2.22. The highest BCUT2D eigenvalue weighted by Crippen LogP contribution is 2.32. The summed E-state index contributed by atoms with van der Waals surface area (Å²) in [5.74, 6) is 0.740. The summed E-state index contributed by atoms with van der Waals surface area (Å²) in [6.45, 7) is 3.49. The molecule has 0 saturated heterocycles. The van der Waals surface area contributed by atoms with Crippen LogP contribution in [-0.2, 0) is 6.42 Å². The molecule has 27 heavy (non-hydrogen) atoms. The molecule has 6 heteroatoms. The lowest BCUT2D eigenvalue weighted by atomic mass is 10.0. The number of ketones is 1. The van der Waals surface area contributed by atoms with Gasteiger partial charge in [0.15, 0.2) is 0 Å². The molecule has 0 unspecified atom stereocenters. The first-order chi connectivity index (χ1) is 12.9. The quantitative estimate of drug-likeness (QED) is 0.424. The maximum Gasteiger partial charge on any atom is 0.210 e. The number of pyridine rings is 1. The van der Waals surface area contributed by atoms with Crippen LogP contribution in [0.4, 0.5) is 0 Å². The molecule has 0 fully saturated rings. The van der Waals surface area contributed by atoms with Gasteiger partial charge in [0.1, 0.15) is 12.4 Å². The smallest absolute Gasteiger partial charge is 0.210 e. The second-order valence-electron chi connectivity index (χ2n) is 6.58. The molecule has 0 saturated carbocycles. The number of nitrogens with zero attached hydrogens (tertiary/aromatic N) is 2.